The topological polar surface area (TPSA) is 46.5 Å². The maximum atomic E-state index is 10.3. The molecular weight excluding hydrogens is 108 g/mol. The van der Waals surface area contributed by atoms with Crippen LogP contribution in [0.2, 0.25) is 0 Å². The molecule has 0 rings (SSSR count). The van der Waals surface area contributed by atoms with Crippen molar-refractivity contribution in [2.45, 2.75) is 13.0 Å². The van der Waals surface area contributed by atoms with Crippen LogP contribution in [-0.2, 0) is 9.53 Å². The van der Waals surface area contributed by atoms with Crippen molar-refractivity contribution in [1.82, 2.24) is 0 Å². The van der Waals surface area contributed by atoms with E-state index in [1.807, 2.05) is 0 Å². The van der Waals surface area contributed by atoms with E-state index in [-0.39, 0.29) is 12.4 Å². The zero-order valence-corrected chi connectivity index (χ0v) is 5.05. The SMILES string of the molecule is COC(CO)C(C)=O. The lowest BCUT2D eigenvalue weighted by atomic mass is 10.3. The Bertz CT molecular complexity index is 75.7. The van der Waals surface area contributed by atoms with E-state index in [9.17, 15) is 4.79 Å². The zero-order valence-electron chi connectivity index (χ0n) is 5.05. The summed E-state index contributed by atoms with van der Waals surface area (Å²) in [5.41, 5.74) is 0. The predicted octanol–water partition coefficient (Wildman–Crippen LogP) is -0.417. The van der Waals surface area contributed by atoms with Crippen molar-refractivity contribution in [2.24, 2.45) is 0 Å². The van der Waals surface area contributed by atoms with Crippen LogP contribution >= 0.6 is 0 Å². The molecule has 0 saturated carbocycles. The Balaban J connectivity index is 3.52. The number of hydrogen-bond donors (Lipinski definition) is 1. The zero-order chi connectivity index (χ0) is 6.57. The molecule has 0 heterocycles. The molecule has 8 heavy (non-hydrogen) atoms. The smallest absolute Gasteiger partial charge is 0.160 e. The van der Waals surface area contributed by atoms with Gasteiger partial charge in [0.2, 0.25) is 0 Å². The summed E-state index contributed by atoms with van der Waals surface area (Å²) >= 11 is 0. The summed E-state index contributed by atoms with van der Waals surface area (Å²) in [7, 11) is 1.39. The number of carbonyl (C=O) groups is 1. The lowest BCUT2D eigenvalue weighted by Crippen LogP contribution is -2.23. The van der Waals surface area contributed by atoms with Gasteiger partial charge in [-0.1, -0.05) is 0 Å². The number of ether oxygens (including phenoxy) is 1. The summed E-state index contributed by atoms with van der Waals surface area (Å²) in [4.78, 5) is 10.3. The van der Waals surface area contributed by atoms with Crippen LogP contribution in [0.1, 0.15) is 6.92 Å². The molecule has 0 aromatic heterocycles. The molecule has 0 aromatic carbocycles. The second kappa shape index (κ2) is 3.57. The normalized spacial score (nSPS) is 13.4. The molecule has 0 amide bonds. The molecule has 0 aliphatic rings. The number of hydrogen-bond acceptors (Lipinski definition) is 3. The molecule has 3 heteroatoms. The molecule has 1 atom stereocenters. The van der Waals surface area contributed by atoms with Crippen molar-refractivity contribution in [2.75, 3.05) is 13.7 Å². The van der Waals surface area contributed by atoms with E-state index in [4.69, 9.17) is 5.11 Å². The van der Waals surface area contributed by atoms with Crippen LogP contribution < -0.4 is 0 Å². The van der Waals surface area contributed by atoms with Crippen LogP contribution in [-0.4, -0.2) is 30.7 Å². The third kappa shape index (κ3) is 2.04. The van der Waals surface area contributed by atoms with E-state index in [2.05, 4.69) is 4.74 Å². The van der Waals surface area contributed by atoms with Crippen LogP contribution in [0, 0.1) is 0 Å². The molecule has 1 N–H and O–H groups in total. The molecule has 0 radical (unpaired) electrons. The molecule has 0 aliphatic heterocycles. The van der Waals surface area contributed by atoms with Crippen LogP contribution in [0.25, 0.3) is 0 Å². The highest BCUT2D eigenvalue weighted by atomic mass is 16.5. The highest BCUT2D eigenvalue weighted by Gasteiger charge is 2.09. The Hall–Kier alpha value is -0.410. The van der Waals surface area contributed by atoms with Gasteiger partial charge in [0.1, 0.15) is 6.10 Å². The fourth-order valence-corrected chi connectivity index (χ4v) is 0.369. The van der Waals surface area contributed by atoms with E-state index in [0.717, 1.165) is 0 Å². The number of methoxy groups -OCH3 is 1. The van der Waals surface area contributed by atoms with E-state index < -0.39 is 6.10 Å². The molecule has 0 saturated heterocycles. The number of ketones is 1. The molecule has 0 aromatic rings. The number of aliphatic hydroxyl groups is 1. The number of Topliss-reactive ketones (excluding diaryl/α,β-unsaturated/α-hetero) is 1. The van der Waals surface area contributed by atoms with E-state index in [1.54, 1.807) is 0 Å². The van der Waals surface area contributed by atoms with Crippen molar-refractivity contribution < 1.29 is 14.6 Å². The number of carbonyl (C=O) groups excluding carboxylic acids is 1. The van der Waals surface area contributed by atoms with Gasteiger partial charge < -0.3 is 9.84 Å². The second-order valence-electron chi connectivity index (χ2n) is 1.52. The molecular formula is C5H10O3. The Morgan fingerprint density at radius 3 is 2.38 bits per heavy atom. The Morgan fingerprint density at radius 1 is 1.88 bits per heavy atom. The third-order valence-electron chi connectivity index (χ3n) is 0.904. The second-order valence-corrected chi connectivity index (χ2v) is 1.52. The largest absolute Gasteiger partial charge is 0.393 e. The Morgan fingerprint density at radius 2 is 2.38 bits per heavy atom. The summed E-state index contributed by atoms with van der Waals surface area (Å²) in [6, 6.07) is 0. The van der Waals surface area contributed by atoms with Crippen molar-refractivity contribution in [3.8, 4) is 0 Å². The van der Waals surface area contributed by atoms with Gasteiger partial charge in [-0.3, -0.25) is 4.79 Å². The van der Waals surface area contributed by atoms with Crippen LogP contribution in [0.4, 0.5) is 0 Å². The van der Waals surface area contributed by atoms with Gasteiger partial charge in [0.05, 0.1) is 6.61 Å². The fraction of sp³-hybridized carbons (Fsp3) is 0.800. The number of rotatable bonds is 3. The lowest BCUT2D eigenvalue weighted by molar-refractivity contribution is -0.128. The van der Waals surface area contributed by atoms with Gasteiger partial charge in [-0.25, -0.2) is 0 Å². The summed E-state index contributed by atoms with van der Waals surface area (Å²) < 4.78 is 4.56. The van der Waals surface area contributed by atoms with Crippen molar-refractivity contribution >= 4 is 5.78 Å². The first-order chi connectivity index (χ1) is 3.72. The molecule has 0 spiro atoms. The first-order valence-corrected chi connectivity index (χ1v) is 2.36. The minimum Gasteiger partial charge on any atom is -0.393 e. The quantitative estimate of drug-likeness (QED) is 0.547. The minimum atomic E-state index is -0.630. The van der Waals surface area contributed by atoms with E-state index in [0.29, 0.717) is 0 Å². The first kappa shape index (κ1) is 7.59. The monoisotopic (exact) mass is 118 g/mol. The standard InChI is InChI=1S/C5H10O3/c1-4(7)5(3-6)8-2/h5-6H,3H2,1-2H3. The molecule has 0 aliphatic carbocycles. The average molecular weight is 118 g/mol. The van der Waals surface area contributed by atoms with Gasteiger partial charge in [-0.05, 0) is 6.92 Å². The molecule has 1 unspecified atom stereocenters. The summed E-state index contributed by atoms with van der Waals surface area (Å²) in [5.74, 6) is -0.144. The maximum Gasteiger partial charge on any atom is 0.160 e. The van der Waals surface area contributed by atoms with Crippen molar-refractivity contribution in [1.29, 1.82) is 0 Å². The summed E-state index contributed by atoms with van der Waals surface area (Å²) in [6.07, 6.45) is -0.630. The molecule has 48 valence electrons. The number of aliphatic hydroxyl groups excluding tert-OH is 1. The van der Waals surface area contributed by atoms with E-state index in [1.165, 1.54) is 14.0 Å². The van der Waals surface area contributed by atoms with Crippen molar-refractivity contribution in [3.05, 3.63) is 0 Å². The van der Waals surface area contributed by atoms with Gasteiger partial charge in [-0.2, -0.15) is 0 Å². The lowest BCUT2D eigenvalue weighted by Gasteiger charge is -2.05. The highest BCUT2D eigenvalue weighted by molar-refractivity contribution is 5.80. The van der Waals surface area contributed by atoms with Crippen LogP contribution in [0.15, 0.2) is 0 Å². The van der Waals surface area contributed by atoms with E-state index >= 15 is 0 Å². The average Bonchev–Trinajstić information content (AvgIpc) is 1.69. The fourth-order valence-electron chi connectivity index (χ4n) is 0.369. The van der Waals surface area contributed by atoms with Crippen LogP contribution in [0.5, 0.6) is 0 Å². The Labute approximate surface area is 48.3 Å². The van der Waals surface area contributed by atoms with Crippen molar-refractivity contribution in [3.63, 3.8) is 0 Å². The maximum absolute atomic E-state index is 10.3. The van der Waals surface area contributed by atoms with Gasteiger partial charge in [-0.15, -0.1) is 0 Å². The van der Waals surface area contributed by atoms with Crippen LogP contribution in [0.3, 0.4) is 0 Å². The molecule has 0 bridgehead atoms. The summed E-state index contributed by atoms with van der Waals surface area (Å²) in [5, 5.41) is 8.35. The highest BCUT2D eigenvalue weighted by Crippen LogP contribution is 1.87. The minimum absolute atomic E-state index is 0.144. The van der Waals surface area contributed by atoms with Gasteiger partial charge in [0.25, 0.3) is 0 Å². The van der Waals surface area contributed by atoms with Gasteiger partial charge in [0.15, 0.2) is 5.78 Å². The first-order valence-electron chi connectivity index (χ1n) is 2.36. The third-order valence-corrected chi connectivity index (χ3v) is 0.904. The van der Waals surface area contributed by atoms with Gasteiger partial charge in [0, 0.05) is 7.11 Å². The molecule has 3 nitrogen and oxygen atoms in total. The summed E-state index contributed by atoms with van der Waals surface area (Å²) in [6.45, 7) is 1.15. The predicted molar refractivity (Wildman–Crippen MR) is 28.6 cm³/mol. The Kier molecular flexibility index (Phi) is 3.39. The molecule has 0 fully saturated rings. The van der Waals surface area contributed by atoms with Gasteiger partial charge >= 0.3 is 0 Å².